The fourth-order valence-corrected chi connectivity index (χ4v) is 2.30. The zero-order chi connectivity index (χ0) is 17.9. The van der Waals surface area contributed by atoms with Gasteiger partial charge in [-0.1, -0.05) is 23.2 Å². The molecular formula is C15H12Cl2N2O5. The molecule has 0 spiro atoms. The summed E-state index contributed by atoms with van der Waals surface area (Å²) in [5, 5.41) is 32.9. The average Bonchev–Trinajstić information content (AvgIpc) is 2.54. The molecule has 126 valence electrons. The van der Waals surface area contributed by atoms with E-state index >= 15 is 0 Å². The highest BCUT2D eigenvalue weighted by Crippen LogP contribution is 2.36. The Morgan fingerprint density at radius 2 is 1.88 bits per heavy atom. The summed E-state index contributed by atoms with van der Waals surface area (Å²) in [6.45, 7) is 0. The summed E-state index contributed by atoms with van der Waals surface area (Å²) in [5.74, 6) is -1.96. The van der Waals surface area contributed by atoms with E-state index in [-0.39, 0.29) is 27.6 Å². The van der Waals surface area contributed by atoms with E-state index in [9.17, 15) is 20.1 Å². The van der Waals surface area contributed by atoms with E-state index in [1.54, 1.807) is 0 Å². The van der Waals surface area contributed by atoms with Gasteiger partial charge < -0.3 is 20.1 Å². The first-order valence-corrected chi connectivity index (χ1v) is 7.20. The van der Waals surface area contributed by atoms with Gasteiger partial charge in [0.2, 0.25) is 5.75 Å². The number of amides is 1. The zero-order valence-corrected chi connectivity index (χ0v) is 13.8. The molecule has 0 bridgehead atoms. The van der Waals surface area contributed by atoms with Crippen molar-refractivity contribution in [3.63, 3.8) is 0 Å². The lowest BCUT2D eigenvalue weighted by molar-refractivity contribution is 0.0954. The van der Waals surface area contributed by atoms with Crippen molar-refractivity contribution in [2.24, 2.45) is 5.10 Å². The number of carbonyl (C=O) groups excluding carboxylic acids is 1. The first-order valence-electron chi connectivity index (χ1n) is 6.45. The molecular weight excluding hydrogens is 359 g/mol. The van der Waals surface area contributed by atoms with Crippen molar-refractivity contribution in [2.75, 3.05) is 7.11 Å². The molecule has 0 saturated carbocycles. The van der Waals surface area contributed by atoms with E-state index in [0.29, 0.717) is 5.02 Å². The number of aromatic hydroxyl groups is 3. The Bertz CT molecular complexity index is 824. The van der Waals surface area contributed by atoms with E-state index in [1.165, 1.54) is 25.3 Å². The summed E-state index contributed by atoms with van der Waals surface area (Å²) in [4.78, 5) is 12.0. The average molecular weight is 371 g/mol. The molecule has 0 atom stereocenters. The van der Waals surface area contributed by atoms with Crippen LogP contribution in [0.2, 0.25) is 10.0 Å². The number of phenols is 3. The van der Waals surface area contributed by atoms with Gasteiger partial charge in [-0.15, -0.1) is 0 Å². The van der Waals surface area contributed by atoms with Crippen LogP contribution < -0.4 is 10.2 Å². The molecule has 2 rings (SSSR count). The van der Waals surface area contributed by atoms with Crippen LogP contribution in [-0.4, -0.2) is 34.6 Å². The normalized spacial score (nSPS) is 10.8. The van der Waals surface area contributed by atoms with Crippen molar-refractivity contribution in [2.45, 2.75) is 0 Å². The largest absolute Gasteiger partial charge is 0.506 e. The highest BCUT2D eigenvalue weighted by atomic mass is 35.5. The van der Waals surface area contributed by atoms with Gasteiger partial charge in [0.1, 0.15) is 5.75 Å². The molecule has 0 aliphatic rings. The van der Waals surface area contributed by atoms with Crippen molar-refractivity contribution in [3.8, 4) is 23.0 Å². The molecule has 0 aliphatic heterocycles. The van der Waals surface area contributed by atoms with Gasteiger partial charge >= 0.3 is 0 Å². The molecule has 0 saturated heterocycles. The third-order valence-corrected chi connectivity index (χ3v) is 3.47. The minimum absolute atomic E-state index is 0.00708. The number of nitrogens with zero attached hydrogens (tertiary/aromatic N) is 1. The van der Waals surface area contributed by atoms with Crippen LogP contribution in [0.1, 0.15) is 15.9 Å². The predicted octanol–water partition coefficient (Wildman–Crippen LogP) is 2.88. The number of ether oxygens (including phenoxy) is 1. The molecule has 0 aromatic heterocycles. The van der Waals surface area contributed by atoms with Gasteiger partial charge in [0.25, 0.3) is 5.91 Å². The first-order chi connectivity index (χ1) is 11.3. The van der Waals surface area contributed by atoms with E-state index in [2.05, 4.69) is 10.5 Å². The number of hydrogen-bond acceptors (Lipinski definition) is 6. The van der Waals surface area contributed by atoms with Gasteiger partial charge in [0, 0.05) is 16.1 Å². The van der Waals surface area contributed by atoms with Crippen molar-refractivity contribution in [3.05, 3.63) is 45.4 Å². The number of hydrogen-bond donors (Lipinski definition) is 4. The lowest BCUT2D eigenvalue weighted by Gasteiger charge is -2.07. The Morgan fingerprint density at radius 3 is 2.54 bits per heavy atom. The van der Waals surface area contributed by atoms with Crippen LogP contribution in [0, 0.1) is 0 Å². The number of phenolic OH excluding ortho intramolecular Hbond substituents is 3. The second-order valence-corrected chi connectivity index (χ2v) is 5.41. The van der Waals surface area contributed by atoms with Gasteiger partial charge in [-0.25, -0.2) is 5.43 Å². The molecule has 9 heteroatoms. The van der Waals surface area contributed by atoms with Crippen LogP contribution in [-0.2, 0) is 0 Å². The van der Waals surface area contributed by atoms with E-state index in [1.807, 2.05) is 0 Å². The van der Waals surface area contributed by atoms with Crippen LogP contribution in [0.15, 0.2) is 29.4 Å². The predicted molar refractivity (Wildman–Crippen MR) is 89.5 cm³/mol. The summed E-state index contributed by atoms with van der Waals surface area (Å²) in [6, 6.07) is 5.05. The van der Waals surface area contributed by atoms with Crippen molar-refractivity contribution in [1.82, 2.24) is 5.43 Å². The molecule has 24 heavy (non-hydrogen) atoms. The molecule has 2 aromatic rings. The third-order valence-electron chi connectivity index (χ3n) is 2.96. The minimum Gasteiger partial charge on any atom is -0.506 e. The van der Waals surface area contributed by atoms with Gasteiger partial charge in [-0.05, 0) is 24.3 Å². The van der Waals surface area contributed by atoms with E-state index in [4.69, 9.17) is 27.9 Å². The Hall–Kier alpha value is -2.64. The number of halogens is 2. The maximum Gasteiger partial charge on any atom is 0.271 e. The van der Waals surface area contributed by atoms with Crippen LogP contribution in [0.4, 0.5) is 0 Å². The molecule has 2 aromatic carbocycles. The lowest BCUT2D eigenvalue weighted by atomic mass is 10.1. The monoisotopic (exact) mass is 370 g/mol. The number of nitrogens with one attached hydrogen (secondary N) is 1. The van der Waals surface area contributed by atoms with Crippen LogP contribution in [0.5, 0.6) is 23.0 Å². The van der Waals surface area contributed by atoms with Crippen molar-refractivity contribution < 1.29 is 24.9 Å². The summed E-state index contributed by atoms with van der Waals surface area (Å²) >= 11 is 11.6. The third kappa shape index (κ3) is 3.81. The SMILES string of the molecule is COc1cc(C(=O)N/N=C/c2cc(Cl)cc(Cl)c2O)cc(O)c1O. The summed E-state index contributed by atoms with van der Waals surface area (Å²) in [7, 11) is 1.28. The molecule has 0 aliphatic carbocycles. The fraction of sp³-hybridized carbons (Fsp3) is 0.0667. The maximum atomic E-state index is 12.0. The summed E-state index contributed by atoms with van der Waals surface area (Å²) < 4.78 is 4.84. The van der Waals surface area contributed by atoms with Gasteiger partial charge in [-0.2, -0.15) is 5.10 Å². The minimum atomic E-state index is -0.674. The highest BCUT2D eigenvalue weighted by molar-refractivity contribution is 6.36. The Balaban J connectivity index is 2.18. The van der Waals surface area contributed by atoms with Gasteiger partial charge in [0.05, 0.1) is 18.3 Å². The van der Waals surface area contributed by atoms with Crippen molar-refractivity contribution >= 4 is 35.3 Å². The first kappa shape index (κ1) is 17.7. The molecule has 0 fully saturated rings. The van der Waals surface area contributed by atoms with Crippen LogP contribution in [0.25, 0.3) is 0 Å². The number of benzene rings is 2. The summed E-state index contributed by atoms with van der Waals surface area (Å²) in [5.41, 5.74) is 2.41. The molecule has 4 N–H and O–H groups in total. The maximum absolute atomic E-state index is 12.0. The number of hydrazone groups is 1. The smallest absolute Gasteiger partial charge is 0.271 e. The van der Waals surface area contributed by atoms with Crippen LogP contribution in [0.3, 0.4) is 0 Å². The molecule has 0 unspecified atom stereocenters. The summed E-state index contributed by atoms with van der Waals surface area (Å²) in [6.07, 6.45) is 1.16. The number of methoxy groups -OCH3 is 1. The standard InChI is InChI=1S/C15H12Cl2N2O5/c1-24-12-4-7(3-11(20)14(12)22)15(23)19-18-6-8-2-9(16)5-10(17)13(8)21/h2-6,20-22H,1H3,(H,19,23)/b18-6+. The van der Waals surface area contributed by atoms with Crippen LogP contribution >= 0.6 is 23.2 Å². The second-order valence-electron chi connectivity index (χ2n) is 4.57. The Kier molecular flexibility index (Phi) is 5.38. The Morgan fingerprint density at radius 1 is 1.17 bits per heavy atom. The van der Waals surface area contributed by atoms with Gasteiger partial charge in [0.15, 0.2) is 11.5 Å². The molecule has 7 nitrogen and oxygen atoms in total. The van der Waals surface area contributed by atoms with E-state index < -0.39 is 17.4 Å². The number of rotatable bonds is 4. The highest BCUT2D eigenvalue weighted by Gasteiger charge is 2.14. The quantitative estimate of drug-likeness (QED) is 0.375. The fourth-order valence-electron chi connectivity index (χ4n) is 1.79. The topological polar surface area (TPSA) is 111 Å². The molecule has 0 radical (unpaired) electrons. The van der Waals surface area contributed by atoms with E-state index in [0.717, 1.165) is 12.3 Å². The Labute approximate surface area is 146 Å². The lowest BCUT2D eigenvalue weighted by Crippen LogP contribution is -2.17. The zero-order valence-electron chi connectivity index (χ0n) is 12.2. The second kappa shape index (κ2) is 7.29. The molecule has 0 heterocycles. The number of carbonyl (C=O) groups is 1. The van der Waals surface area contributed by atoms with Crippen molar-refractivity contribution in [1.29, 1.82) is 0 Å². The van der Waals surface area contributed by atoms with Gasteiger partial charge in [-0.3, -0.25) is 4.79 Å². The molecule has 1 amide bonds.